The number of nitrogens with one attached hydrogen (secondary N) is 1. The van der Waals surface area contributed by atoms with Gasteiger partial charge in [0.25, 0.3) is 0 Å². The lowest BCUT2D eigenvalue weighted by Crippen LogP contribution is -2.11. The molecule has 0 aliphatic carbocycles. The number of halogens is 2. The van der Waals surface area contributed by atoms with E-state index in [9.17, 15) is 4.79 Å². The smallest absolute Gasteiger partial charge is 0.151 e. The quantitative estimate of drug-likeness (QED) is 0.806. The van der Waals surface area contributed by atoms with E-state index in [-0.39, 0.29) is 0 Å². The van der Waals surface area contributed by atoms with Crippen molar-refractivity contribution >= 4 is 39.0 Å². The van der Waals surface area contributed by atoms with Gasteiger partial charge in [-0.05, 0) is 23.8 Å². The van der Waals surface area contributed by atoms with Crippen molar-refractivity contribution in [2.24, 2.45) is 0 Å². The summed E-state index contributed by atoms with van der Waals surface area (Å²) in [7, 11) is 0. The molecule has 1 heterocycles. The van der Waals surface area contributed by atoms with Gasteiger partial charge in [0, 0.05) is 16.2 Å². The third kappa shape index (κ3) is 2.27. The predicted molar refractivity (Wildman–Crippen MR) is 68.4 cm³/mol. The highest BCUT2D eigenvalue weighted by Crippen LogP contribution is 2.27. The number of benzene rings is 1. The van der Waals surface area contributed by atoms with Gasteiger partial charge in [0.1, 0.15) is 5.70 Å². The van der Waals surface area contributed by atoms with Crippen molar-refractivity contribution in [1.82, 2.24) is 5.32 Å². The van der Waals surface area contributed by atoms with Crippen LogP contribution in [0.2, 0.25) is 0 Å². The molecule has 2 rings (SSSR count). The summed E-state index contributed by atoms with van der Waals surface area (Å²) in [5, 5.41) is 3.35. The van der Waals surface area contributed by atoms with E-state index >= 15 is 0 Å². The van der Waals surface area contributed by atoms with Crippen LogP contribution in [0.1, 0.15) is 5.56 Å². The molecule has 2 nitrogen and oxygen atoms in total. The van der Waals surface area contributed by atoms with Crippen molar-refractivity contribution in [2.75, 3.05) is 0 Å². The fourth-order valence-electron chi connectivity index (χ4n) is 1.41. The Morgan fingerprint density at radius 2 is 1.94 bits per heavy atom. The summed E-state index contributed by atoms with van der Waals surface area (Å²) in [6.07, 6.45) is 3.30. The molecule has 0 bridgehead atoms. The molecule has 1 aliphatic rings. The monoisotopic (exact) mass is 295 g/mol. The molecule has 80 valence electrons. The Morgan fingerprint density at radius 1 is 1.25 bits per heavy atom. The molecular weight excluding hydrogens is 289 g/mol. The Kier molecular flexibility index (Phi) is 3.30. The van der Waals surface area contributed by atoms with Crippen molar-refractivity contribution in [3.8, 4) is 0 Å². The first-order valence-corrected chi connectivity index (χ1v) is 5.73. The Hall–Kier alpha value is -1.28. The van der Waals surface area contributed by atoms with Crippen molar-refractivity contribution in [2.45, 2.75) is 0 Å². The van der Waals surface area contributed by atoms with Gasteiger partial charge < -0.3 is 5.32 Å². The fourth-order valence-corrected chi connectivity index (χ4v) is 1.84. The number of hydrogen-bond donors (Lipinski definition) is 1. The van der Waals surface area contributed by atoms with Gasteiger partial charge in [0.15, 0.2) is 5.94 Å². The van der Waals surface area contributed by atoms with E-state index in [2.05, 4.69) is 21.2 Å². The molecule has 1 aromatic rings. The molecule has 0 fully saturated rings. The summed E-state index contributed by atoms with van der Waals surface area (Å²) in [5.74, 6) is 1.86. The van der Waals surface area contributed by atoms with Crippen LogP contribution in [0.25, 0.3) is 5.57 Å². The number of hydrogen-bond acceptors (Lipinski definition) is 2. The van der Waals surface area contributed by atoms with Gasteiger partial charge in [-0.25, -0.2) is 4.79 Å². The van der Waals surface area contributed by atoms with Crippen molar-refractivity contribution < 1.29 is 4.79 Å². The molecule has 1 aliphatic heterocycles. The second kappa shape index (κ2) is 4.71. The highest BCUT2D eigenvalue weighted by Gasteiger charge is 2.12. The molecule has 4 heteroatoms. The van der Waals surface area contributed by atoms with Crippen molar-refractivity contribution in [1.29, 1.82) is 0 Å². The summed E-state index contributed by atoms with van der Waals surface area (Å²) in [4.78, 5) is 10.8. The minimum absolute atomic E-state index is 0.395. The van der Waals surface area contributed by atoms with Gasteiger partial charge in [0.05, 0.1) is 5.03 Å². The molecule has 0 saturated heterocycles. The van der Waals surface area contributed by atoms with E-state index < -0.39 is 0 Å². The third-order valence-corrected chi connectivity index (χ3v) is 2.91. The number of carbonyl (C=O) groups excluding carboxylic acids is 1. The summed E-state index contributed by atoms with van der Waals surface area (Å²) in [6.45, 7) is 0. The molecule has 16 heavy (non-hydrogen) atoms. The molecule has 0 unspecified atom stereocenters. The van der Waals surface area contributed by atoms with Crippen LogP contribution in [0.3, 0.4) is 0 Å². The zero-order valence-electron chi connectivity index (χ0n) is 8.13. The normalized spacial score (nSPS) is 14.8. The molecule has 0 aromatic heterocycles. The van der Waals surface area contributed by atoms with E-state index in [0.717, 1.165) is 15.6 Å². The first-order chi connectivity index (χ1) is 7.70. The molecule has 0 saturated carbocycles. The zero-order valence-corrected chi connectivity index (χ0v) is 10.5. The number of allylic oxidation sites excluding steroid dienone is 3. The maximum atomic E-state index is 10.8. The van der Waals surface area contributed by atoms with Gasteiger partial charge in [-0.15, -0.1) is 0 Å². The van der Waals surface area contributed by atoms with Crippen LogP contribution in [0.5, 0.6) is 0 Å². The second-order valence-electron chi connectivity index (χ2n) is 3.22. The van der Waals surface area contributed by atoms with E-state index in [1.807, 2.05) is 30.2 Å². The molecule has 0 atom stereocenters. The summed E-state index contributed by atoms with van der Waals surface area (Å²) < 4.78 is 0.985. The van der Waals surface area contributed by atoms with Crippen LogP contribution in [-0.2, 0) is 4.79 Å². The first kappa shape index (κ1) is 11.2. The Bertz CT molecular complexity index is 524. The SMILES string of the molecule is O=C=C1NC=C(Cl)C=C1c1ccc(Br)cc1. The van der Waals surface area contributed by atoms with E-state index in [0.29, 0.717) is 10.7 Å². The molecule has 1 aromatic carbocycles. The average molecular weight is 297 g/mol. The van der Waals surface area contributed by atoms with Gasteiger partial charge in [-0.3, -0.25) is 0 Å². The van der Waals surface area contributed by atoms with Crippen LogP contribution in [-0.4, -0.2) is 5.94 Å². The fraction of sp³-hybridized carbons (Fsp3) is 0. The van der Waals surface area contributed by atoms with Crippen molar-refractivity contribution in [3.63, 3.8) is 0 Å². The minimum Gasteiger partial charge on any atom is -0.351 e. The first-order valence-electron chi connectivity index (χ1n) is 4.56. The van der Waals surface area contributed by atoms with Crippen LogP contribution >= 0.6 is 27.5 Å². The lowest BCUT2D eigenvalue weighted by molar-refractivity contribution is 0.566. The number of dihydropyridines is 1. The minimum atomic E-state index is 0.395. The lowest BCUT2D eigenvalue weighted by Gasteiger charge is -2.13. The molecule has 1 N–H and O–H groups in total. The highest BCUT2D eigenvalue weighted by molar-refractivity contribution is 9.10. The van der Waals surface area contributed by atoms with Crippen LogP contribution < -0.4 is 5.32 Å². The standard InChI is InChI=1S/C12H7BrClNO/c13-9-3-1-8(2-4-9)11-5-10(14)6-15-12(11)7-16/h1-6,15H. The predicted octanol–water partition coefficient (Wildman–Crippen LogP) is 3.23. The van der Waals surface area contributed by atoms with Crippen LogP contribution in [0.15, 0.2) is 51.7 Å². The molecule has 0 radical (unpaired) electrons. The zero-order chi connectivity index (χ0) is 11.5. The molecular formula is C12H7BrClNO. The second-order valence-corrected chi connectivity index (χ2v) is 4.57. The lowest BCUT2D eigenvalue weighted by atomic mass is 10.0. The number of rotatable bonds is 1. The summed E-state index contributed by atoms with van der Waals surface area (Å²) >= 11 is 9.24. The van der Waals surface area contributed by atoms with Gasteiger partial charge in [-0.1, -0.05) is 39.7 Å². The largest absolute Gasteiger partial charge is 0.351 e. The molecule has 0 spiro atoms. The maximum Gasteiger partial charge on any atom is 0.151 e. The van der Waals surface area contributed by atoms with E-state index in [1.165, 1.54) is 0 Å². The van der Waals surface area contributed by atoms with Gasteiger partial charge >= 0.3 is 0 Å². The van der Waals surface area contributed by atoms with Crippen molar-refractivity contribution in [3.05, 3.63) is 57.3 Å². The van der Waals surface area contributed by atoms with Gasteiger partial charge in [0.2, 0.25) is 0 Å². The maximum absolute atomic E-state index is 10.8. The van der Waals surface area contributed by atoms with E-state index in [1.54, 1.807) is 12.3 Å². The Labute approximate surface area is 106 Å². The topological polar surface area (TPSA) is 29.1 Å². The highest BCUT2D eigenvalue weighted by atomic mass is 79.9. The summed E-state index contributed by atoms with van der Waals surface area (Å²) in [5.41, 5.74) is 2.06. The van der Waals surface area contributed by atoms with Crippen LogP contribution in [0, 0.1) is 0 Å². The third-order valence-electron chi connectivity index (χ3n) is 2.16. The Balaban J connectivity index is 2.49. The van der Waals surface area contributed by atoms with Gasteiger partial charge in [-0.2, -0.15) is 0 Å². The van der Waals surface area contributed by atoms with Crippen LogP contribution in [0.4, 0.5) is 0 Å². The summed E-state index contributed by atoms with van der Waals surface area (Å²) in [6, 6.07) is 7.63. The average Bonchev–Trinajstić information content (AvgIpc) is 2.30. The molecule has 0 amide bonds. The van der Waals surface area contributed by atoms with E-state index in [4.69, 9.17) is 11.6 Å². The Morgan fingerprint density at radius 3 is 2.56 bits per heavy atom.